The second-order valence-corrected chi connectivity index (χ2v) is 11.1. The molecular formula is C29H32F3NO2. The summed E-state index contributed by atoms with van der Waals surface area (Å²) in [6.45, 7) is 1.95. The van der Waals surface area contributed by atoms with Crippen LogP contribution < -0.4 is 4.90 Å². The Hall–Kier alpha value is -2.52. The Balaban J connectivity index is 1.67. The lowest BCUT2D eigenvalue weighted by Gasteiger charge is -2.53. The summed E-state index contributed by atoms with van der Waals surface area (Å²) < 4.78 is 39.1. The fourth-order valence-corrected chi connectivity index (χ4v) is 7.36. The number of allylic oxidation sites excluding steroid dienone is 4. The predicted octanol–water partition coefficient (Wildman–Crippen LogP) is 5.95. The third-order valence-corrected chi connectivity index (χ3v) is 9.09. The first-order chi connectivity index (χ1) is 16.4. The van der Waals surface area contributed by atoms with Gasteiger partial charge in [0.15, 0.2) is 5.78 Å². The number of benzene rings is 1. The van der Waals surface area contributed by atoms with Crippen molar-refractivity contribution in [3.05, 3.63) is 52.6 Å². The van der Waals surface area contributed by atoms with Gasteiger partial charge in [0, 0.05) is 43.5 Å². The number of hydrogen-bond donors (Lipinski definition) is 1. The minimum Gasteiger partial charge on any atom is -0.378 e. The van der Waals surface area contributed by atoms with E-state index in [0.717, 1.165) is 36.1 Å². The maximum absolute atomic E-state index is 13.0. The molecule has 35 heavy (non-hydrogen) atoms. The molecule has 0 amide bonds. The van der Waals surface area contributed by atoms with Crippen molar-refractivity contribution in [2.45, 2.75) is 69.6 Å². The van der Waals surface area contributed by atoms with Crippen molar-refractivity contribution in [1.29, 1.82) is 0 Å². The zero-order valence-corrected chi connectivity index (χ0v) is 20.5. The number of carbonyl (C=O) groups is 1. The van der Waals surface area contributed by atoms with Crippen molar-refractivity contribution >= 4 is 11.5 Å². The Bertz CT molecular complexity index is 1180. The summed E-state index contributed by atoms with van der Waals surface area (Å²) in [4.78, 5) is 14.2. The SMILES string of the molecule is CN(C)c1cccc([C@H]2C[C@@]3(C)[C@@H](CC[C@@]3(O)C#CC(F)(F)F)[C@@H]3CCC4=CC(=O)CCC4=C32)c1. The number of halogens is 3. The number of rotatable bonds is 2. The zero-order valence-electron chi connectivity index (χ0n) is 20.5. The van der Waals surface area contributed by atoms with E-state index < -0.39 is 17.2 Å². The van der Waals surface area contributed by atoms with Crippen molar-refractivity contribution in [2.24, 2.45) is 17.3 Å². The van der Waals surface area contributed by atoms with Crippen LogP contribution in [0.3, 0.4) is 0 Å². The Morgan fingerprint density at radius 1 is 1.14 bits per heavy atom. The summed E-state index contributed by atoms with van der Waals surface area (Å²) in [7, 11) is 3.97. The van der Waals surface area contributed by atoms with Gasteiger partial charge in [0.2, 0.25) is 0 Å². The van der Waals surface area contributed by atoms with E-state index in [2.05, 4.69) is 18.1 Å². The van der Waals surface area contributed by atoms with Crippen LogP contribution in [0.25, 0.3) is 0 Å². The van der Waals surface area contributed by atoms with Crippen LogP contribution in [0, 0.1) is 29.1 Å². The number of aliphatic hydroxyl groups is 1. The van der Waals surface area contributed by atoms with E-state index in [1.165, 1.54) is 17.1 Å². The van der Waals surface area contributed by atoms with Gasteiger partial charge in [0.25, 0.3) is 0 Å². The molecule has 0 saturated heterocycles. The summed E-state index contributed by atoms with van der Waals surface area (Å²) in [6.07, 6.45) is 1.50. The lowest BCUT2D eigenvalue weighted by atomic mass is 9.51. The molecule has 4 aliphatic rings. The number of ketones is 1. The van der Waals surface area contributed by atoms with E-state index in [4.69, 9.17) is 0 Å². The molecule has 0 heterocycles. The van der Waals surface area contributed by atoms with Crippen LogP contribution >= 0.6 is 0 Å². The Kier molecular flexibility index (Phi) is 5.71. The molecule has 6 heteroatoms. The average Bonchev–Trinajstić information content (AvgIpc) is 3.07. The Morgan fingerprint density at radius 2 is 1.91 bits per heavy atom. The van der Waals surface area contributed by atoms with Gasteiger partial charge in [-0.15, -0.1) is 0 Å². The van der Waals surface area contributed by atoms with Gasteiger partial charge in [-0.3, -0.25) is 4.79 Å². The average molecular weight is 484 g/mol. The molecule has 0 radical (unpaired) electrons. The number of nitrogens with zero attached hydrogens (tertiary/aromatic N) is 1. The van der Waals surface area contributed by atoms with Gasteiger partial charge in [-0.2, -0.15) is 13.2 Å². The van der Waals surface area contributed by atoms with Gasteiger partial charge in [0.1, 0.15) is 5.60 Å². The topological polar surface area (TPSA) is 40.5 Å². The van der Waals surface area contributed by atoms with Crippen molar-refractivity contribution in [1.82, 2.24) is 0 Å². The van der Waals surface area contributed by atoms with Crippen LogP contribution in [0.4, 0.5) is 18.9 Å². The molecule has 2 fully saturated rings. The monoisotopic (exact) mass is 483 g/mol. The predicted molar refractivity (Wildman–Crippen MR) is 130 cm³/mol. The first kappa shape index (κ1) is 24.2. The van der Waals surface area contributed by atoms with E-state index >= 15 is 0 Å². The normalized spacial score (nSPS) is 34.3. The van der Waals surface area contributed by atoms with Crippen molar-refractivity contribution < 1.29 is 23.1 Å². The van der Waals surface area contributed by atoms with E-state index in [-0.39, 0.29) is 30.0 Å². The maximum atomic E-state index is 13.0. The van der Waals surface area contributed by atoms with Gasteiger partial charge in [-0.05, 0) is 85.3 Å². The van der Waals surface area contributed by atoms with Gasteiger partial charge in [-0.25, -0.2) is 0 Å². The molecule has 0 aliphatic heterocycles. The van der Waals surface area contributed by atoms with Crippen LogP contribution in [0.5, 0.6) is 0 Å². The summed E-state index contributed by atoms with van der Waals surface area (Å²) >= 11 is 0. The lowest BCUT2D eigenvalue weighted by Crippen LogP contribution is -2.51. The van der Waals surface area contributed by atoms with Crippen LogP contribution in [0.1, 0.15) is 63.4 Å². The first-order valence-electron chi connectivity index (χ1n) is 12.5. The highest BCUT2D eigenvalue weighted by Crippen LogP contribution is 2.66. The second kappa shape index (κ2) is 8.27. The van der Waals surface area contributed by atoms with Gasteiger partial charge < -0.3 is 10.0 Å². The largest absolute Gasteiger partial charge is 0.457 e. The summed E-state index contributed by atoms with van der Waals surface area (Å²) in [6, 6.07) is 8.31. The number of fused-ring (bicyclic) bond motifs is 4. The van der Waals surface area contributed by atoms with Crippen molar-refractivity contribution in [2.75, 3.05) is 19.0 Å². The Labute approximate surface area is 205 Å². The number of carbonyl (C=O) groups excluding carboxylic acids is 1. The number of hydrogen-bond acceptors (Lipinski definition) is 3. The van der Waals surface area contributed by atoms with Gasteiger partial charge >= 0.3 is 6.18 Å². The first-order valence-corrected chi connectivity index (χ1v) is 12.5. The van der Waals surface area contributed by atoms with E-state index in [0.29, 0.717) is 19.3 Å². The summed E-state index contributed by atoms with van der Waals surface area (Å²) in [5, 5.41) is 11.6. The summed E-state index contributed by atoms with van der Waals surface area (Å²) in [5.74, 6) is 4.06. The third-order valence-electron chi connectivity index (χ3n) is 9.09. The summed E-state index contributed by atoms with van der Waals surface area (Å²) in [5.41, 5.74) is 3.49. The standard InChI is InChI=1S/C29H32F3NO2/c1-27-17-24(18-5-4-6-20(15-18)33(2)3)26-22-10-8-21(34)16-19(22)7-9-23(26)25(27)11-12-28(27,35)13-14-29(30,31)32/h4-6,15-16,23-25,35H,7-12,17H2,1-3H3/t23-,24+,25-,27-,28+/m0/s1. The minimum atomic E-state index is -4.63. The fraction of sp³-hybridized carbons (Fsp3) is 0.552. The van der Waals surface area contributed by atoms with Crippen molar-refractivity contribution in [3.63, 3.8) is 0 Å². The Morgan fingerprint density at radius 3 is 2.63 bits per heavy atom. The van der Waals surface area contributed by atoms with E-state index in [1.807, 2.05) is 44.1 Å². The molecule has 5 rings (SSSR count). The highest BCUT2D eigenvalue weighted by atomic mass is 19.4. The van der Waals surface area contributed by atoms with E-state index in [9.17, 15) is 23.1 Å². The van der Waals surface area contributed by atoms with Gasteiger partial charge in [-0.1, -0.05) is 30.6 Å². The molecule has 3 nitrogen and oxygen atoms in total. The second-order valence-electron chi connectivity index (χ2n) is 11.1. The molecule has 186 valence electrons. The van der Waals surface area contributed by atoms with E-state index in [1.54, 1.807) is 0 Å². The van der Waals surface area contributed by atoms with Gasteiger partial charge in [0.05, 0.1) is 0 Å². The van der Waals surface area contributed by atoms with Crippen LogP contribution in [0.15, 0.2) is 47.1 Å². The number of anilines is 1. The van der Waals surface area contributed by atoms with Crippen LogP contribution in [-0.2, 0) is 4.79 Å². The molecule has 5 atom stereocenters. The highest BCUT2D eigenvalue weighted by molar-refractivity contribution is 5.93. The molecule has 0 unspecified atom stereocenters. The quantitative estimate of drug-likeness (QED) is 0.529. The molecule has 2 saturated carbocycles. The lowest BCUT2D eigenvalue weighted by molar-refractivity contribution is -0.114. The molecule has 0 aromatic heterocycles. The minimum absolute atomic E-state index is 0.0367. The molecule has 4 aliphatic carbocycles. The molecule has 0 spiro atoms. The number of alkyl halides is 3. The molecular weight excluding hydrogens is 451 g/mol. The zero-order chi connectivity index (χ0) is 25.2. The maximum Gasteiger partial charge on any atom is 0.457 e. The fourth-order valence-electron chi connectivity index (χ4n) is 7.36. The highest BCUT2D eigenvalue weighted by Gasteiger charge is 2.62. The van der Waals surface area contributed by atoms with Crippen LogP contribution in [-0.4, -0.2) is 36.8 Å². The molecule has 1 N–H and O–H groups in total. The molecule has 1 aromatic rings. The van der Waals surface area contributed by atoms with Crippen LogP contribution in [0.2, 0.25) is 0 Å². The van der Waals surface area contributed by atoms with Crippen molar-refractivity contribution in [3.8, 4) is 11.8 Å². The smallest absolute Gasteiger partial charge is 0.378 e. The molecule has 0 bridgehead atoms. The third kappa shape index (κ3) is 4.02. The molecule has 1 aromatic carbocycles.